The van der Waals surface area contributed by atoms with E-state index < -0.39 is 0 Å². The third-order valence-corrected chi connectivity index (χ3v) is 5.90. The molecule has 0 bridgehead atoms. The van der Waals surface area contributed by atoms with Gasteiger partial charge in [0.05, 0.1) is 5.60 Å². The van der Waals surface area contributed by atoms with Gasteiger partial charge in [-0.3, -0.25) is 0 Å². The molecule has 0 unspecified atom stereocenters. The van der Waals surface area contributed by atoms with Gasteiger partial charge < -0.3 is 14.5 Å². The summed E-state index contributed by atoms with van der Waals surface area (Å²) in [6.45, 7) is 11.5. The highest BCUT2D eigenvalue weighted by Crippen LogP contribution is 2.44. The molecule has 3 heteroatoms. The summed E-state index contributed by atoms with van der Waals surface area (Å²) in [6, 6.07) is 11.1. The standard InChI is InChI=1S/C21H34N2O/c1-20(2)18-21(10-16-24-20,17-19-7-5-4-6-8-19)9-11-23-14-12-22(3)13-15-23/h4-8H,9-18H2,1-3H3/t21-/m1/s1. The lowest BCUT2D eigenvalue weighted by Crippen LogP contribution is -2.48. The van der Waals surface area contributed by atoms with Crippen molar-refractivity contribution in [2.45, 2.75) is 45.1 Å². The molecule has 2 aliphatic rings. The lowest BCUT2D eigenvalue weighted by Gasteiger charge is -2.46. The summed E-state index contributed by atoms with van der Waals surface area (Å²) in [7, 11) is 2.23. The van der Waals surface area contributed by atoms with Gasteiger partial charge in [-0.2, -0.15) is 0 Å². The molecule has 3 rings (SSSR count). The third kappa shape index (κ3) is 4.81. The van der Waals surface area contributed by atoms with E-state index in [2.05, 4.69) is 61.0 Å². The number of rotatable bonds is 5. The van der Waals surface area contributed by atoms with Gasteiger partial charge >= 0.3 is 0 Å². The van der Waals surface area contributed by atoms with Gasteiger partial charge in [0.15, 0.2) is 0 Å². The predicted molar refractivity (Wildman–Crippen MR) is 100 cm³/mol. The highest BCUT2D eigenvalue weighted by atomic mass is 16.5. The summed E-state index contributed by atoms with van der Waals surface area (Å²) < 4.78 is 6.04. The van der Waals surface area contributed by atoms with Crippen molar-refractivity contribution >= 4 is 0 Å². The van der Waals surface area contributed by atoms with Crippen LogP contribution in [0.25, 0.3) is 0 Å². The van der Waals surface area contributed by atoms with Crippen molar-refractivity contribution in [2.75, 3.05) is 46.4 Å². The Kier molecular flexibility index (Phi) is 5.63. The number of likely N-dealkylation sites (N-methyl/N-ethyl adjacent to an activating group) is 1. The Hall–Kier alpha value is -0.900. The fourth-order valence-electron chi connectivity index (χ4n) is 4.53. The Balaban J connectivity index is 1.67. The molecule has 1 aromatic carbocycles. The second-order valence-corrected chi connectivity index (χ2v) is 8.59. The summed E-state index contributed by atoms with van der Waals surface area (Å²) >= 11 is 0. The van der Waals surface area contributed by atoms with Gasteiger partial charge in [0.2, 0.25) is 0 Å². The third-order valence-electron chi connectivity index (χ3n) is 5.90. The van der Waals surface area contributed by atoms with Crippen LogP contribution < -0.4 is 0 Å². The van der Waals surface area contributed by atoms with Crippen LogP contribution in [-0.2, 0) is 11.2 Å². The number of nitrogens with zero attached hydrogens (tertiary/aromatic N) is 2. The fourth-order valence-corrected chi connectivity index (χ4v) is 4.53. The van der Waals surface area contributed by atoms with Crippen LogP contribution in [0.4, 0.5) is 0 Å². The van der Waals surface area contributed by atoms with Gasteiger partial charge in [-0.25, -0.2) is 0 Å². The Bertz CT molecular complexity index is 508. The van der Waals surface area contributed by atoms with E-state index in [1.807, 2.05) is 0 Å². The zero-order chi connectivity index (χ0) is 17.0. The molecule has 134 valence electrons. The van der Waals surface area contributed by atoms with Crippen LogP contribution >= 0.6 is 0 Å². The highest BCUT2D eigenvalue weighted by Gasteiger charge is 2.40. The molecular formula is C21H34N2O. The zero-order valence-corrected chi connectivity index (χ0v) is 15.8. The smallest absolute Gasteiger partial charge is 0.0631 e. The first-order valence-electron chi connectivity index (χ1n) is 9.55. The van der Waals surface area contributed by atoms with Gasteiger partial charge in [-0.1, -0.05) is 30.3 Å². The number of ether oxygens (including phenoxy) is 1. The molecule has 0 saturated carbocycles. The molecule has 0 N–H and O–H groups in total. The molecule has 3 nitrogen and oxygen atoms in total. The minimum atomic E-state index is 0.00907. The van der Waals surface area contributed by atoms with E-state index in [1.54, 1.807) is 0 Å². The molecule has 0 aliphatic carbocycles. The predicted octanol–water partition coefficient (Wildman–Crippen LogP) is 3.44. The summed E-state index contributed by atoms with van der Waals surface area (Å²) in [5.74, 6) is 0. The Morgan fingerprint density at radius 2 is 1.75 bits per heavy atom. The van der Waals surface area contributed by atoms with Crippen molar-refractivity contribution < 1.29 is 4.74 Å². The molecule has 2 heterocycles. The van der Waals surface area contributed by atoms with E-state index in [4.69, 9.17) is 4.74 Å². The second-order valence-electron chi connectivity index (χ2n) is 8.59. The molecule has 24 heavy (non-hydrogen) atoms. The van der Waals surface area contributed by atoms with Gasteiger partial charge in [-0.05, 0) is 64.1 Å². The fraction of sp³-hybridized carbons (Fsp3) is 0.714. The maximum absolute atomic E-state index is 6.04. The number of piperazine rings is 1. The van der Waals surface area contributed by atoms with Crippen LogP contribution in [0.1, 0.15) is 38.7 Å². The molecule has 0 amide bonds. The molecule has 1 aromatic rings. The molecule has 2 aliphatic heterocycles. The summed E-state index contributed by atoms with van der Waals surface area (Å²) in [5, 5.41) is 0. The van der Waals surface area contributed by atoms with Crippen LogP contribution in [0.3, 0.4) is 0 Å². The van der Waals surface area contributed by atoms with Crippen molar-refractivity contribution in [2.24, 2.45) is 5.41 Å². The lowest BCUT2D eigenvalue weighted by molar-refractivity contribution is -0.109. The summed E-state index contributed by atoms with van der Waals surface area (Å²) in [6.07, 6.45) is 4.84. The topological polar surface area (TPSA) is 15.7 Å². The van der Waals surface area contributed by atoms with Crippen LogP contribution in [0.5, 0.6) is 0 Å². The van der Waals surface area contributed by atoms with E-state index in [0.717, 1.165) is 6.61 Å². The van der Waals surface area contributed by atoms with Crippen LogP contribution in [0.15, 0.2) is 30.3 Å². The van der Waals surface area contributed by atoms with Gasteiger partial charge in [0, 0.05) is 32.8 Å². The number of hydrogen-bond acceptors (Lipinski definition) is 3. The van der Waals surface area contributed by atoms with E-state index in [1.165, 1.54) is 64.0 Å². The van der Waals surface area contributed by atoms with Crippen molar-refractivity contribution in [3.8, 4) is 0 Å². The van der Waals surface area contributed by atoms with E-state index in [0.29, 0.717) is 5.41 Å². The highest BCUT2D eigenvalue weighted by molar-refractivity contribution is 5.17. The van der Waals surface area contributed by atoms with E-state index in [9.17, 15) is 0 Å². The van der Waals surface area contributed by atoms with Crippen molar-refractivity contribution in [3.05, 3.63) is 35.9 Å². The number of hydrogen-bond donors (Lipinski definition) is 0. The normalized spacial score (nSPS) is 28.8. The molecule has 2 saturated heterocycles. The maximum atomic E-state index is 6.04. The van der Waals surface area contributed by atoms with Crippen molar-refractivity contribution in [1.82, 2.24) is 9.80 Å². The molecule has 2 fully saturated rings. The molecule has 0 radical (unpaired) electrons. The van der Waals surface area contributed by atoms with Crippen molar-refractivity contribution in [3.63, 3.8) is 0 Å². The van der Waals surface area contributed by atoms with E-state index >= 15 is 0 Å². The zero-order valence-electron chi connectivity index (χ0n) is 15.8. The Morgan fingerprint density at radius 1 is 1.04 bits per heavy atom. The van der Waals surface area contributed by atoms with Gasteiger partial charge in [0.1, 0.15) is 0 Å². The average molecular weight is 331 g/mol. The van der Waals surface area contributed by atoms with E-state index in [-0.39, 0.29) is 5.60 Å². The Morgan fingerprint density at radius 3 is 2.42 bits per heavy atom. The first-order chi connectivity index (χ1) is 11.5. The Labute approximate surface area is 148 Å². The maximum Gasteiger partial charge on any atom is 0.0631 e. The average Bonchev–Trinajstić information content (AvgIpc) is 2.54. The van der Waals surface area contributed by atoms with Gasteiger partial charge in [-0.15, -0.1) is 0 Å². The lowest BCUT2D eigenvalue weighted by atomic mass is 9.68. The number of benzene rings is 1. The first-order valence-corrected chi connectivity index (χ1v) is 9.55. The van der Waals surface area contributed by atoms with Crippen LogP contribution in [0.2, 0.25) is 0 Å². The first kappa shape index (κ1) is 17.9. The quantitative estimate of drug-likeness (QED) is 0.822. The minimum Gasteiger partial charge on any atom is -0.376 e. The molecule has 0 spiro atoms. The molecule has 0 aromatic heterocycles. The second kappa shape index (κ2) is 7.55. The van der Waals surface area contributed by atoms with Gasteiger partial charge in [0.25, 0.3) is 0 Å². The van der Waals surface area contributed by atoms with Crippen molar-refractivity contribution in [1.29, 1.82) is 0 Å². The molecule has 1 atom stereocenters. The van der Waals surface area contributed by atoms with Crippen LogP contribution in [0, 0.1) is 5.41 Å². The summed E-state index contributed by atoms with van der Waals surface area (Å²) in [4.78, 5) is 5.10. The molecular weight excluding hydrogens is 296 g/mol. The SMILES string of the molecule is CN1CCN(CC[C@]2(Cc3ccccc3)CCOC(C)(C)C2)CC1. The summed E-state index contributed by atoms with van der Waals surface area (Å²) in [5.41, 5.74) is 1.87. The minimum absolute atomic E-state index is 0.00907. The monoisotopic (exact) mass is 330 g/mol. The van der Waals surface area contributed by atoms with Crippen LogP contribution in [-0.4, -0.2) is 61.8 Å². The largest absolute Gasteiger partial charge is 0.376 e.